The highest BCUT2D eigenvalue weighted by Crippen LogP contribution is 2.35. The van der Waals surface area contributed by atoms with Gasteiger partial charge >= 0.3 is 5.97 Å². The highest BCUT2D eigenvalue weighted by Gasteiger charge is 2.28. The van der Waals surface area contributed by atoms with Crippen LogP contribution in [0.15, 0.2) is 52.7 Å². The number of carbonyl (C=O) groups is 2. The number of hydrogen-bond acceptors (Lipinski definition) is 5. The van der Waals surface area contributed by atoms with Crippen LogP contribution in [-0.4, -0.2) is 25.0 Å². The molecule has 0 aliphatic carbocycles. The first-order valence-electron chi connectivity index (χ1n) is 7.57. The molecule has 0 saturated heterocycles. The molecule has 1 aliphatic rings. The van der Waals surface area contributed by atoms with Crippen LogP contribution in [0.1, 0.15) is 22.8 Å². The fourth-order valence-electron chi connectivity index (χ4n) is 2.39. The van der Waals surface area contributed by atoms with Crippen molar-refractivity contribution in [2.45, 2.75) is 13.0 Å². The average Bonchev–Trinajstić information content (AvgIpc) is 2.91. The van der Waals surface area contributed by atoms with Crippen LogP contribution in [0.3, 0.4) is 0 Å². The van der Waals surface area contributed by atoms with E-state index in [1.54, 1.807) is 31.2 Å². The summed E-state index contributed by atoms with van der Waals surface area (Å²) in [7, 11) is 1.30. The van der Waals surface area contributed by atoms with Crippen molar-refractivity contribution in [3.8, 4) is 11.5 Å². The molecule has 128 valence electrons. The summed E-state index contributed by atoms with van der Waals surface area (Å²) in [5.74, 6) is 0.384. The van der Waals surface area contributed by atoms with E-state index in [0.717, 1.165) is 10.0 Å². The summed E-state index contributed by atoms with van der Waals surface area (Å²) < 4.78 is 16.7. The summed E-state index contributed by atoms with van der Waals surface area (Å²) >= 11 is 3.44. The van der Waals surface area contributed by atoms with Crippen molar-refractivity contribution in [2.24, 2.45) is 0 Å². The van der Waals surface area contributed by atoms with Crippen LogP contribution in [0, 0.1) is 0 Å². The Kier molecular flexibility index (Phi) is 4.90. The SMILES string of the molecule is COC(=O)[C@@H](C)Oc1ccc2c(c1)OC(=Cc1ccccc1Br)C2=O. The molecule has 0 bridgehead atoms. The van der Waals surface area contributed by atoms with Crippen molar-refractivity contribution in [1.82, 2.24) is 0 Å². The quantitative estimate of drug-likeness (QED) is 0.571. The Balaban J connectivity index is 1.84. The number of Topliss-reactive ketones (excluding diaryl/α,β-unsaturated/α-hetero) is 1. The minimum Gasteiger partial charge on any atom is -0.479 e. The number of halogens is 1. The lowest BCUT2D eigenvalue weighted by Gasteiger charge is -2.12. The molecule has 6 heteroatoms. The third-order valence-electron chi connectivity index (χ3n) is 3.68. The van der Waals surface area contributed by atoms with Gasteiger partial charge in [0.25, 0.3) is 0 Å². The Morgan fingerprint density at radius 2 is 2.00 bits per heavy atom. The summed E-state index contributed by atoms with van der Waals surface area (Å²) in [4.78, 5) is 23.9. The lowest BCUT2D eigenvalue weighted by atomic mass is 10.1. The Hall–Kier alpha value is -2.60. The van der Waals surface area contributed by atoms with E-state index in [9.17, 15) is 9.59 Å². The standard InChI is InChI=1S/C19H15BrO5/c1-11(19(22)23-2)24-13-7-8-14-16(10-13)25-17(18(14)21)9-12-5-3-4-6-15(12)20/h3-11H,1-2H3/t11-/m1/s1. The molecule has 25 heavy (non-hydrogen) atoms. The molecule has 0 aromatic heterocycles. The smallest absolute Gasteiger partial charge is 0.346 e. The van der Waals surface area contributed by atoms with E-state index in [2.05, 4.69) is 20.7 Å². The predicted octanol–water partition coefficient (Wildman–Crippen LogP) is 4.01. The summed E-state index contributed by atoms with van der Waals surface area (Å²) in [5.41, 5.74) is 1.30. The van der Waals surface area contributed by atoms with E-state index in [-0.39, 0.29) is 11.5 Å². The largest absolute Gasteiger partial charge is 0.479 e. The van der Waals surface area contributed by atoms with Gasteiger partial charge in [-0.1, -0.05) is 34.1 Å². The summed E-state index contributed by atoms with van der Waals surface area (Å²) in [6.07, 6.45) is 0.930. The first kappa shape index (κ1) is 17.2. The van der Waals surface area contributed by atoms with Gasteiger partial charge in [-0.2, -0.15) is 0 Å². The zero-order valence-electron chi connectivity index (χ0n) is 13.6. The Labute approximate surface area is 153 Å². The lowest BCUT2D eigenvalue weighted by Crippen LogP contribution is -2.24. The molecule has 2 aromatic rings. The predicted molar refractivity (Wildman–Crippen MR) is 95.6 cm³/mol. The highest BCUT2D eigenvalue weighted by molar-refractivity contribution is 9.10. The second-order valence-electron chi connectivity index (χ2n) is 5.40. The van der Waals surface area contributed by atoms with Gasteiger partial charge in [0.05, 0.1) is 12.7 Å². The number of rotatable bonds is 4. The fourth-order valence-corrected chi connectivity index (χ4v) is 2.79. The van der Waals surface area contributed by atoms with Gasteiger partial charge in [-0.3, -0.25) is 4.79 Å². The van der Waals surface area contributed by atoms with E-state index in [4.69, 9.17) is 9.47 Å². The highest BCUT2D eigenvalue weighted by atomic mass is 79.9. The van der Waals surface area contributed by atoms with Crippen molar-refractivity contribution < 1.29 is 23.8 Å². The third kappa shape index (κ3) is 3.58. The van der Waals surface area contributed by atoms with Crippen LogP contribution in [0.2, 0.25) is 0 Å². The first-order chi connectivity index (χ1) is 12.0. The van der Waals surface area contributed by atoms with Crippen molar-refractivity contribution in [3.63, 3.8) is 0 Å². The summed E-state index contributed by atoms with van der Waals surface area (Å²) in [6, 6.07) is 12.4. The topological polar surface area (TPSA) is 61.8 Å². The van der Waals surface area contributed by atoms with Crippen LogP contribution < -0.4 is 9.47 Å². The Bertz CT molecular complexity index is 872. The molecule has 5 nitrogen and oxygen atoms in total. The van der Waals surface area contributed by atoms with E-state index < -0.39 is 12.1 Å². The second-order valence-corrected chi connectivity index (χ2v) is 6.26. The maximum Gasteiger partial charge on any atom is 0.346 e. The maximum absolute atomic E-state index is 12.5. The van der Waals surface area contributed by atoms with Gasteiger partial charge in [-0.15, -0.1) is 0 Å². The number of ether oxygens (including phenoxy) is 3. The minimum absolute atomic E-state index is 0.196. The van der Waals surface area contributed by atoms with Crippen LogP contribution in [0.25, 0.3) is 6.08 Å². The van der Waals surface area contributed by atoms with E-state index >= 15 is 0 Å². The van der Waals surface area contributed by atoms with Crippen molar-refractivity contribution >= 4 is 33.8 Å². The number of esters is 1. The monoisotopic (exact) mass is 402 g/mol. The Morgan fingerprint density at radius 3 is 2.72 bits per heavy atom. The van der Waals surface area contributed by atoms with Crippen LogP contribution in [0.5, 0.6) is 11.5 Å². The molecule has 1 heterocycles. The number of hydrogen-bond donors (Lipinski definition) is 0. The molecule has 1 atom stereocenters. The maximum atomic E-state index is 12.5. The first-order valence-corrected chi connectivity index (χ1v) is 8.36. The minimum atomic E-state index is -0.754. The molecule has 0 unspecified atom stereocenters. The van der Waals surface area contributed by atoms with Gasteiger partial charge in [0.2, 0.25) is 5.78 Å². The normalized spacial score (nSPS) is 15.5. The molecule has 0 amide bonds. The van der Waals surface area contributed by atoms with Gasteiger partial charge in [0, 0.05) is 10.5 Å². The van der Waals surface area contributed by atoms with Gasteiger partial charge < -0.3 is 14.2 Å². The zero-order valence-corrected chi connectivity index (χ0v) is 15.2. The fraction of sp³-hybridized carbons (Fsp3) is 0.158. The van der Waals surface area contributed by atoms with Crippen molar-refractivity contribution in [1.29, 1.82) is 0 Å². The molecule has 2 aromatic carbocycles. The number of allylic oxidation sites excluding steroid dienone is 1. The summed E-state index contributed by atoms with van der Waals surface area (Å²) in [5, 5.41) is 0. The third-order valence-corrected chi connectivity index (χ3v) is 4.40. The molecular weight excluding hydrogens is 388 g/mol. The molecular formula is C19H15BrO5. The zero-order chi connectivity index (χ0) is 18.0. The van der Waals surface area contributed by atoms with Gasteiger partial charge in [-0.25, -0.2) is 4.79 Å². The number of ketones is 1. The van der Waals surface area contributed by atoms with Gasteiger partial charge in [0.1, 0.15) is 11.5 Å². The lowest BCUT2D eigenvalue weighted by molar-refractivity contribution is -0.147. The van der Waals surface area contributed by atoms with E-state index in [1.807, 2.05) is 24.3 Å². The second kappa shape index (κ2) is 7.11. The molecule has 0 spiro atoms. The van der Waals surface area contributed by atoms with Crippen molar-refractivity contribution in [2.75, 3.05) is 7.11 Å². The van der Waals surface area contributed by atoms with Gasteiger partial charge in [0.15, 0.2) is 11.9 Å². The average molecular weight is 403 g/mol. The summed E-state index contributed by atoms with van der Waals surface area (Å²) in [6.45, 7) is 1.59. The van der Waals surface area contributed by atoms with Crippen molar-refractivity contribution in [3.05, 3.63) is 63.8 Å². The van der Waals surface area contributed by atoms with Gasteiger partial charge in [-0.05, 0) is 36.8 Å². The molecule has 0 fully saturated rings. The molecule has 1 aliphatic heterocycles. The molecule has 0 saturated carbocycles. The molecule has 0 N–H and O–H groups in total. The number of fused-ring (bicyclic) bond motifs is 1. The number of benzene rings is 2. The van der Waals surface area contributed by atoms with Crippen LogP contribution >= 0.6 is 15.9 Å². The number of carbonyl (C=O) groups excluding carboxylic acids is 2. The number of methoxy groups -OCH3 is 1. The van der Waals surface area contributed by atoms with E-state index in [0.29, 0.717) is 17.1 Å². The van der Waals surface area contributed by atoms with Crippen LogP contribution in [0.4, 0.5) is 0 Å². The van der Waals surface area contributed by atoms with Crippen LogP contribution in [-0.2, 0) is 9.53 Å². The Morgan fingerprint density at radius 1 is 1.24 bits per heavy atom. The molecule has 0 radical (unpaired) electrons. The molecule has 3 rings (SSSR count). The van der Waals surface area contributed by atoms with E-state index in [1.165, 1.54) is 7.11 Å².